The summed E-state index contributed by atoms with van der Waals surface area (Å²) in [6, 6.07) is 9.39. The van der Waals surface area contributed by atoms with Crippen LogP contribution in [0.15, 0.2) is 30.3 Å². The fourth-order valence-corrected chi connectivity index (χ4v) is 3.37. The summed E-state index contributed by atoms with van der Waals surface area (Å²) >= 11 is 0. The molecule has 1 fully saturated rings. The molecule has 2 aromatic heterocycles. The molecule has 2 heterocycles. The van der Waals surface area contributed by atoms with E-state index in [1.165, 1.54) is 0 Å². The van der Waals surface area contributed by atoms with Crippen LogP contribution in [0.3, 0.4) is 0 Å². The van der Waals surface area contributed by atoms with Crippen molar-refractivity contribution >= 4 is 11.7 Å². The largest absolute Gasteiger partial charge is 0.337 e. The summed E-state index contributed by atoms with van der Waals surface area (Å²) in [5, 5.41) is 17.4. The highest BCUT2D eigenvalue weighted by Crippen LogP contribution is 2.46. The van der Waals surface area contributed by atoms with Crippen LogP contribution in [0, 0.1) is 26.2 Å². The number of rotatable bonds is 6. The number of hydrogen-bond acceptors (Lipinski definition) is 4. The molecule has 0 atom stereocenters. The molecule has 3 N–H and O–H groups in total. The molecule has 28 heavy (non-hydrogen) atoms. The van der Waals surface area contributed by atoms with Crippen molar-refractivity contribution in [2.75, 3.05) is 11.9 Å². The topological polar surface area (TPSA) is 101 Å². The van der Waals surface area contributed by atoms with Crippen molar-refractivity contribution in [2.45, 2.75) is 40.2 Å². The molecule has 1 saturated carbocycles. The molecule has 0 unspecified atom stereocenters. The summed E-state index contributed by atoms with van der Waals surface area (Å²) in [5.74, 6) is 1.37. The number of aromatic nitrogens is 5. The molecule has 1 aliphatic rings. The standard InChI is InChI=1S/C20H25N7O/c1-13-9-14(2)27(26-13)12-20(7-8-20)11-21-19(28)23-17-6-4-5-16(10-17)18-22-15(3)24-25-18/h4-6,9-10H,7-8,11-12H2,1-3H3,(H2,21,23,28)(H,22,24,25). The van der Waals surface area contributed by atoms with Gasteiger partial charge in [-0.15, -0.1) is 0 Å². The maximum Gasteiger partial charge on any atom is 0.319 e. The normalized spacial score (nSPS) is 14.7. The van der Waals surface area contributed by atoms with Crippen LogP contribution in [0.4, 0.5) is 10.5 Å². The maximum absolute atomic E-state index is 12.4. The molecular weight excluding hydrogens is 354 g/mol. The van der Waals surface area contributed by atoms with Gasteiger partial charge >= 0.3 is 6.03 Å². The number of aromatic amines is 1. The van der Waals surface area contributed by atoms with Crippen molar-refractivity contribution in [3.63, 3.8) is 0 Å². The van der Waals surface area contributed by atoms with E-state index in [0.29, 0.717) is 18.1 Å². The molecule has 0 radical (unpaired) electrons. The van der Waals surface area contributed by atoms with E-state index < -0.39 is 0 Å². The lowest BCUT2D eigenvalue weighted by Gasteiger charge is -2.17. The second-order valence-corrected chi connectivity index (χ2v) is 7.72. The summed E-state index contributed by atoms with van der Waals surface area (Å²) in [6.07, 6.45) is 2.20. The Morgan fingerprint density at radius 3 is 2.71 bits per heavy atom. The second-order valence-electron chi connectivity index (χ2n) is 7.72. The molecule has 8 nitrogen and oxygen atoms in total. The molecule has 0 spiro atoms. The van der Waals surface area contributed by atoms with Crippen LogP contribution in [0.5, 0.6) is 0 Å². The zero-order chi connectivity index (χ0) is 19.7. The Balaban J connectivity index is 1.34. The third-order valence-electron chi connectivity index (χ3n) is 5.15. The van der Waals surface area contributed by atoms with E-state index in [0.717, 1.165) is 42.2 Å². The average molecular weight is 379 g/mol. The first kappa shape index (κ1) is 18.2. The van der Waals surface area contributed by atoms with Crippen LogP contribution >= 0.6 is 0 Å². The highest BCUT2D eigenvalue weighted by atomic mass is 16.2. The SMILES string of the molecule is Cc1cc(C)n(CC2(CNC(=O)Nc3cccc(-c4n[nH]c(C)n4)c3)CC2)n1. The smallest absolute Gasteiger partial charge is 0.319 e. The number of nitrogens with one attached hydrogen (secondary N) is 3. The first-order valence-electron chi connectivity index (χ1n) is 9.48. The minimum absolute atomic E-state index is 0.110. The number of benzene rings is 1. The minimum atomic E-state index is -0.206. The van der Waals surface area contributed by atoms with Gasteiger partial charge in [0.2, 0.25) is 0 Å². The number of carbonyl (C=O) groups excluding carboxylic acids is 1. The number of aryl methyl sites for hydroxylation is 3. The Hall–Kier alpha value is -3.16. The molecule has 4 rings (SSSR count). The van der Waals surface area contributed by atoms with Crippen LogP contribution < -0.4 is 10.6 Å². The van der Waals surface area contributed by atoms with Gasteiger partial charge in [0.25, 0.3) is 0 Å². The van der Waals surface area contributed by atoms with Gasteiger partial charge in [-0.3, -0.25) is 9.78 Å². The van der Waals surface area contributed by atoms with Crippen LogP contribution in [0.2, 0.25) is 0 Å². The molecule has 3 aromatic rings. The Morgan fingerprint density at radius 1 is 1.25 bits per heavy atom. The van der Waals surface area contributed by atoms with Crippen molar-refractivity contribution in [2.24, 2.45) is 5.41 Å². The van der Waals surface area contributed by atoms with E-state index in [4.69, 9.17) is 0 Å². The van der Waals surface area contributed by atoms with Gasteiger partial charge in [-0.1, -0.05) is 12.1 Å². The summed E-state index contributed by atoms with van der Waals surface area (Å²) in [4.78, 5) is 16.7. The van der Waals surface area contributed by atoms with Gasteiger partial charge in [-0.25, -0.2) is 9.78 Å². The van der Waals surface area contributed by atoms with Gasteiger partial charge in [0.05, 0.1) is 5.69 Å². The van der Waals surface area contributed by atoms with Crippen molar-refractivity contribution in [3.05, 3.63) is 47.5 Å². The summed E-state index contributed by atoms with van der Waals surface area (Å²) in [7, 11) is 0. The fourth-order valence-electron chi connectivity index (χ4n) is 3.37. The third-order valence-corrected chi connectivity index (χ3v) is 5.15. The van der Waals surface area contributed by atoms with Crippen molar-refractivity contribution in [1.82, 2.24) is 30.3 Å². The van der Waals surface area contributed by atoms with Crippen molar-refractivity contribution < 1.29 is 4.79 Å². The van der Waals surface area contributed by atoms with Gasteiger partial charge < -0.3 is 10.6 Å². The van der Waals surface area contributed by atoms with Crippen molar-refractivity contribution in [1.29, 1.82) is 0 Å². The first-order chi connectivity index (χ1) is 13.4. The average Bonchev–Trinajstić information content (AvgIpc) is 3.16. The van der Waals surface area contributed by atoms with Crippen LogP contribution in [0.25, 0.3) is 11.4 Å². The second kappa shape index (κ2) is 7.10. The fraction of sp³-hybridized carbons (Fsp3) is 0.400. The Labute approximate surface area is 163 Å². The molecule has 0 bridgehead atoms. The van der Waals surface area contributed by atoms with Gasteiger partial charge in [-0.2, -0.15) is 10.2 Å². The summed E-state index contributed by atoms with van der Waals surface area (Å²) in [5.41, 5.74) is 3.86. The molecular formula is C20H25N7O. The number of H-pyrrole nitrogens is 1. The zero-order valence-corrected chi connectivity index (χ0v) is 16.4. The number of urea groups is 1. The molecule has 146 valence electrons. The lowest BCUT2D eigenvalue weighted by Crippen LogP contribution is -2.35. The number of anilines is 1. The van der Waals surface area contributed by atoms with Crippen molar-refractivity contribution in [3.8, 4) is 11.4 Å². The van der Waals surface area contributed by atoms with Gasteiger partial charge in [0.15, 0.2) is 5.82 Å². The van der Waals surface area contributed by atoms with Crippen LogP contribution in [0.1, 0.15) is 30.1 Å². The highest BCUT2D eigenvalue weighted by molar-refractivity contribution is 5.90. The zero-order valence-electron chi connectivity index (χ0n) is 16.4. The van der Waals surface area contributed by atoms with Crippen LogP contribution in [-0.4, -0.2) is 37.5 Å². The van der Waals surface area contributed by atoms with Gasteiger partial charge in [0.1, 0.15) is 5.82 Å². The van der Waals surface area contributed by atoms with Gasteiger partial charge in [-0.05, 0) is 51.8 Å². The van der Waals surface area contributed by atoms with Crippen LogP contribution in [-0.2, 0) is 6.54 Å². The lowest BCUT2D eigenvalue weighted by atomic mass is 10.1. The molecule has 0 aliphatic heterocycles. The predicted octanol–water partition coefficient (Wildman–Crippen LogP) is 3.20. The number of nitrogens with zero attached hydrogens (tertiary/aromatic N) is 4. The molecule has 1 aromatic carbocycles. The lowest BCUT2D eigenvalue weighted by molar-refractivity contribution is 0.247. The molecule has 2 amide bonds. The Morgan fingerprint density at radius 2 is 2.07 bits per heavy atom. The van der Waals surface area contributed by atoms with E-state index >= 15 is 0 Å². The number of hydrogen-bond donors (Lipinski definition) is 3. The van der Waals surface area contributed by atoms with Gasteiger partial charge in [0, 0.05) is 35.4 Å². The minimum Gasteiger partial charge on any atom is -0.337 e. The van der Waals surface area contributed by atoms with E-state index in [-0.39, 0.29) is 11.4 Å². The highest BCUT2D eigenvalue weighted by Gasteiger charge is 2.43. The molecule has 1 aliphatic carbocycles. The quantitative estimate of drug-likeness (QED) is 0.612. The first-order valence-corrected chi connectivity index (χ1v) is 9.48. The van der Waals surface area contributed by atoms with E-state index in [1.807, 2.05) is 42.8 Å². The maximum atomic E-state index is 12.4. The summed E-state index contributed by atoms with van der Waals surface area (Å²) in [6.45, 7) is 7.40. The van der Waals surface area contributed by atoms with E-state index in [1.54, 1.807) is 0 Å². The monoisotopic (exact) mass is 379 g/mol. The molecule has 0 saturated heterocycles. The van der Waals surface area contributed by atoms with E-state index in [9.17, 15) is 4.79 Å². The molecule has 8 heteroatoms. The number of amides is 2. The van der Waals surface area contributed by atoms with E-state index in [2.05, 4.69) is 43.9 Å². The summed E-state index contributed by atoms with van der Waals surface area (Å²) < 4.78 is 2.05. The number of carbonyl (C=O) groups is 1. The Kier molecular flexibility index (Phi) is 4.62. The third kappa shape index (κ3) is 4.05. The predicted molar refractivity (Wildman–Crippen MR) is 107 cm³/mol. The Bertz CT molecular complexity index is 1000.